The van der Waals surface area contributed by atoms with E-state index < -0.39 is 0 Å². The molecule has 0 bridgehead atoms. The van der Waals surface area contributed by atoms with E-state index in [9.17, 15) is 0 Å². The Labute approximate surface area is 80.3 Å². The van der Waals surface area contributed by atoms with Crippen molar-refractivity contribution in [1.29, 1.82) is 0 Å². The zero-order chi connectivity index (χ0) is 9.26. The molecule has 0 saturated heterocycles. The van der Waals surface area contributed by atoms with Crippen LogP contribution < -0.4 is 0 Å². The first-order valence-electron chi connectivity index (χ1n) is 5.11. The van der Waals surface area contributed by atoms with Crippen molar-refractivity contribution >= 4 is 6.08 Å². The lowest BCUT2D eigenvalue weighted by atomic mass is 9.96. The molecule has 1 aliphatic rings. The highest BCUT2D eigenvalue weighted by Crippen LogP contribution is 2.27. The topological polar surface area (TPSA) is 0 Å². The van der Waals surface area contributed by atoms with E-state index in [1.54, 1.807) is 11.1 Å². The first-order chi connectivity index (χ1) is 6.33. The van der Waals surface area contributed by atoms with Gasteiger partial charge in [0.2, 0.25) is 0 Å². The lowest BCUT2D eigenvalue weighted by Gasteiger charge is -2.09. The maximum atomic E-state index is 2.30. The number of hydrogen-bond donors (Lipinski definition) is 0. The van der Waals surface area contributed by atoms with E-state index >= 15 is 0 Å². The number of benzene rings is 1. The molecule has 0 heteroatoms. The van der Waals surface area contributed by atoms with Crippen LogP contribution in [0.5, 0.6) is 0 Å². The quantitative estimate of drug-likeness (QED) is 0.640. The van der Waals surface area contributed by atoms with E-state index in [0.29, 0.717) is 0 Å². The molecule has 68 valence electrons. The smallest absolute Gasteiger partial charge is 0.00853 e. The highest BCUT2D eigenvalue weighted by Gasteiger charge is 2.11. The van der Waals surface area contributed by atoms with Crippen LogP contribution in [0.4, 0.5) is 0 Å². The van der Waals surface area contributed by atoms with Crippen LogP contribution in [-0.2, 0) is 12.8 Å². The van der Waals surface area contributed by atoms with E-state index in [1.165, 1.54) is 24.0 Å². The molecule has 1 aliphatic carbocycles. The Balaban J connectivity index is 2.47. The summed E-state index contributed by atoms with van der Waals surface area (Å²) in [6.07, 6.45) is 8.16. The van der Waals surface area contributed by atoms with Crippen LogP contribution in [0.15, 0.2) is 18.2 Å². The third-order valence-corrected chi connectivity index (χ3v) is 2.80. The van der Waals surface area contributed by atoms with Gasteiger partial charge in [-0.25, -0.2) is 0 Å². The molecule has 0 aliphatic heterocycles. The molecule has 0 unspecified atom stereocenters. The second kappa shape index (κ2) is 3.37. The summed E-state index contributed by atoms with van der Waals surface area (Å²) >= 11 is 0. The van der Waals surface area contributed by atoms with Gasteiger partial charge in [-0.2, -0.15) is 0 Å². The van der Waals surface area contributed by atoms with Gasteiger partial charge in [-0.05, 0) is 42.0 Å². The summed E-state index contributed by atoms with van der Waals surface area (Å²) in [6.45, 7) is 4.44. The molecule has 2 rings (SSSR count). The van der Waals surface area contributed by atoms with E-state index in [1.807, 2.05) is 0 Å². The van der Waals surface area contributed by atoms with Crippen LogP contribution in [0.3, 0.4) is 0 Å². The second-order valence-corrected chi connectivity index (χ2v) is 3.79. The van der Waals surface area contributed by atoms with Crippen LogP contribution in [0.2, 0.25) is 0 Å². The van der Waals surface area contributed by atoms with Gasteiger partial charge < -0.3 is 0 Å². The van der Waals surface area contributed by atoms with Crippen LogP contribution in [0, 0.1) is 6.92 Å². The van der Waals surface area contributed by atoms with Gasteiger partial charge in [0.15, 0.2) is 0 Å². The van der Waals surface area contributed by atoms with Crippen LogP contribution in [0.25, 0.3) is 6.08 Å². The van der Waals surface area contributed by atoms with Gasteiger partial charge in [-0.3, -0.25) is 0 Å². The van der Waals surface area contributed by atoms with E-state index in [0.717, 1.165) is 6.42 Å². The fourth-order valence-electron chi connectivity index (χ4n) is 2.10. The molecule has 0 radical (unpaired) electrons. The fraction of sp³-hybridized carbons (Fsp3) is 0.385. The predicted octanol–water partition coefficient (Wildman–Crippen LogP) is 3.52. The minimum atomic E-state index is 1.15. The Kier molecular flexibility index (Phi) is 2.22. The number of hydrogen-bond acceptors (Lipinski definition) is 0. The van der Waals surface area contributed by atoms with Crippen molar-refractivity contribution < 1.29 is 0 Å². The monoisotopic (exact) mass is 172 g/mol. The highest BCUT2D eigenvalue weighted by atomic mass is 14.2. The van der Waals surface area contributed by atoms with Gasteiger partial charge in [0.05, 0.1) is 0 Å². The van der Waals surface area contributed by atoms with Crippen LogP contribution in [-0.4, -0.2) is 0 Å². The second-order valence-electron chi connectivity index (χ2n) is 3.79. The SMILES string of the molecule is CCCc1ccc(C)c2c1CC=C2. The van der Waals surface area contributed by atoms with Crippen LogP contribution in [0.1, 0.15) is 35.6 Å². The Morgan fingerprint density at radius 2 is 2.15 bits per heavy atom. The maximum Gasteiger partial charge on any atom is -0.00853 e. The number of aryl methyl sites for hydroxylation is 2. The molecule has 1 aromatic rings. The van der Waals surface area contributed by atoms with E-state index in [4.69, 9.17) is 0 Å². The van der Waals surface area contributed by atoms with Gasteiger partial charge in [-0.1, -0.05) is 37.6 Å². The largest absolute Gasteiger partial charge is 0.0795 e. The van der Waals surface area contributed by atoms with Crippen molar-refractivity contribution in [2.75, 3.05) is 0 Å². The van der Waals surface area contributed by atoms with Gasteiger partial charge in [-0.15, -0.1) is 0 Å². The molecule has 13 heavy (non-hydrogen) atoms. The Morgan fingerprint density at radius 1 is 1.31 bits per heavy atom. The van der Waals surface area contributed by atoms with Crippen molar-refractivity contribution in [3.8, 4) is 0 Å². The summed E-state index contributed by atoms with van der Waals surface area (Å²) in [5, 5.41) is 0. The van der Waals surface area contributed by atoms with Crippen molar-refractivity contribution in [2.24, 2.45) is 0 Å². The number of fused-ring (bicyclic) bond motifs is 1. The average Bonchev–Trinajstić information content (AvgIpc) is 2.59. The van der Waals surface area contributed by atoms with Crippen molar-refractivity contribution in [3.05, 3.63) is 40.5 Å². The van der Waals surface area contributed by atoms with E-state index in [2.05, 4.69) is 38.1 Å². The summed E-state index contributed by atoms with van der Waals surface area (Å²) in [6, 6.07) is 4.55. The minimum Gasteiger partial charge on any atom is -0.0795 e. The predicted molar refractivity (Wildman–Crippen MR) is 57.9 cm³/mol. The zero-order valence-electron chi connectivity index (χ0n) is 8.43. The lowest BCUT2D eigenvalue weighted by Crippen LogP contribution is -1.94. The fourth-order valence-corrected chi connectivity index (χ4v) is 2.10. The summed E-state index contributed by atoms with van der Waals surface area (Å²) in [5.41, 5.74) is 6.02. The Bertz CT molecular complexity index is 345. The van der Waals surface area contributed by atoms with Crippen molar-refractivity contribution in [2.45, 2.75) is 33.1 Å². The Hall–Kier alpha value is -1.04. The van der Waals surface area contributed by atoms with Crippen LogP contribution >= 0.6 is 0 Å². The minimum absolute atomic E-state index is 1.15. The first kappa shape index (κ1) is 8.55. The highest BCUT2D eigenvalue weighted by molar-refractivity contribution is 5.65. The first-order valence-corrected chi connectivity index (χ1v) is 5.11. The average molecular weight is 172 g/mol. The number of rotatable bonds is 2. The molecule has 0 aromatic heterocycles. The molecule has 0 N–H and O–H groups in total. The molecule has 0 spiro atoms. The molecule has 0 nitrogen and oxygen atoms in total. The summed E-state index contributed by atoms with van der Waals surface area (Å²) in [5.74, 6) is 0. The van der Waals surface area contributed by atoms with Crippen molar-refractivity contribution in [3.63, 3.8) is 0 Å². The Morgan fingerprint density at radius 3 is 2.92 bits per heavy atom. The molecule has 1 aromatic carbocycles. The standard InChI is InChI=1S/C13H16/c1-3-5-11-9-8-10(2)12-6-4-7-13(11)12/h4,6,8-9H,3,5,7H2,1-2H3. The van der Waals surface area contributed by atoms with E-state index in [-0.39, 0.29) is 0 Å². The normalized spacial score (nSPS) is 13.4. The number of allylic oxidation sites excluding steroid dienone is 1. The third-order valence-electron chi connectivity index (χ3n) is 2.80. The van der Waals surface area contributed by atoms with Gasteiger partial charge in [0.1, 0.15) is 0 Å². The molecular weight excluding hydrogens is 156 g/mol. The summed E-state index contributed by atoms with van der Waals surface area (Å²) in [7, 11) is 0. The summed E-state index contributed by atoms with van der Waals surface area (Å²) in [4.78, 5) is 0. The lowest BCUT2D eigenvalue weighted by molar-refractivity contribution is 0.906. The van der Waals surface area contributed by atoms with Gasteiger partial charge >= 0.3 is 0 Å². The molecule has 0 heterocycles. The molecular formula is C13H16. The molecule has 0 saturated carbocycles. The van der Waals surface area contributed by atoms with Crippen molar-refractivity contribution in [1.82, 2.24) is 0 Å². The zero-order valence-corrected chi connectivity index (χ0v) is 8.43. The molecule has 0 amide bonds. The third kappa shape index (κ3) is 1.41. The van der Waals surface area contributed by atoms with Gasteiger partial charge in [0, 0.05) is 0 Å². The van der Waals surface area contributed by atoms with Gasteiger partial charge in [0.25, 0.3) is 0 Å². The maximum absolute atomic E-state index is 2.30. The summed E-state index contributed by atoms with van der Waals surface area (Å²) < 4.78 is 0. The molecule has 0 atom stereocenters. The molecule has 0 fully saturated rings.